The van der Waals surface area contributed by atoms with E-state index in [-0.39, 0.29) is 5.91 Å². The first-order valence-electron chi connectivity index (χ1n) is 6.89. The summed E-state index contributed by atoms with van der Waals surface area (Å²) >= 11 is 6.09. The van der Waals surface area contributed by atoms with Crippen LogP contribution >= 0.6 is 11.6 Å². The summed E-state index contributed by atoms with van der Waals surface area (Å²) in [6.45, 7) is 3.62. The van der Waals surface area contributed by atoms with Gasteiger partial charge in [-0.25, -0.2) is 0 Å². The zero-order chi connectivity index (χ0) is 14.3. The van der Waals surface area contributed by atoms with Crippen molar-refractivity contribution in [2.45, 2.75) is 25.3 Å². The standard InChI is InChI=1S/C15H18ClN3O/c1-10-12-9-11(16)3-4-13(12)19(2)14(20)15(18-10)5-7-17-8-6-15/h3-4,9,17H,5-8H2,1-2H3. The van der Waals surface area contributed by atoms with Gasteiger partial charge in [-0.1, -0.05) is 11.6 Å². The molecule has 20 heavy (non-hydrogen) atoms. The number of rotatable bonds is 0. The smallest absolute Gasteiger partial charge is 0.254 e. The average molecular weight is 292 g/mol. The highest BCUT2D eigenvalue weighted by Crippen LogP contribution is 2.35. The number of nitrogens with zero attached hydrogens (tertiary/aromatic N) is 2. The molecule has 1 aromatic rings. The summed E-state index contributed by atoms with van der Waals surface area (Å²) in [5.41, 5.74) is 2.11. The molecule has 1 saturated heterocycles. The van der Waals surface area contributed by atoms with Crippen LogP contribution in [-0.4, -0.2) is 37.3 Å². The highest BCUT2D eigenvalue weighted by Gasteiger charge is 2.43. The molecule has 0 aromatic heterocycles. The highest BCUT2D eigenvalue weighted by molar-refractivity contribution is 6.31. The van der Waals surface area contributed by atoms with Gasteiger partial charge < -0.3 is 10.2 Å². The molecule has 2 aliphatic heterocycles. The number of fused-ring (bicyclic) bond motifs is 1. The highest BCUT2D eigenvalue weighted by atomic mass is 35.5. The van der Waals surface area contributed by atoms with Gasteiger partial charge in [0.1, 0.15) is 5.54 Å². The van der Waals surface area contributed by atoms with E-state index in [0.717, 1.165) is 42.9 Å². The van der Waals surface area contributed by atoms with Crippen LogP contribution in [0.4, 0.5) is 5.69 Å². The number of carbonyl (C=O) groups is 1. The Hall–Kier alpha value is -1.39. The van der Waals surface area contributed by atoms with Crippen LogP contribution in [0.15, 0.2) is 23.2 Å². The number of amides is 1. The van der Waals surface area contributed by atoms with Gasteiger partial charge in [-0.15, -0.1) is 0 Å². The summed E-state index contributed by atoms with van der Waals surface area (Å²) in [6, 6.07) is 5.60. The van der Waals surface area contributed by atoms with Crippen LogP contribution in [0.1, 0.15) is 25.3 Å². The van der Waals surface area contributed by atoms with Gasteiger partial charge in [0, 0.05) is 23.3 Å². The van der Waals surface area contributed by atoms with E-state index in [2.05, 4.69) is 5.32 Å². The molecule has 1 fully saturated rings. The Kier molecular flexibility index (Phi) is 3.30. The summed E-state index contributed by atoms with van der Waals surface area (Å²) in [4.78, 5) is 19.4. The normalized spacial score (nSPS) is 21.4. The molecule has 3 rings (SSSR count). The molecule has 5 heteroatoms. The van der Waals surface area contributed by atoms with Crippen LogP contribution in [0, 0.1) is 0 Å². The lowest BCUT2D eigenvalue weighted by molar-refractivity contribution is -0.124. The maximum Gasteiger partial charge on any atom is 0.254 e. The SMILES string of the molecule is CC1=NC2(CCNCC2)C(=O)N(C)c2ccc(Cl)cc21. The number of benzene rings is 1. The van der Waals surface area contributed by atoms with E-state index >= 15 is 0 Å². The van der Waals surface area contributed by atoms with E-state index in [1.165, 1.54) is 0 Å². The second kappa shape index (κ2) is 4.86. The summed E-state index contributed by atoms with van der Waals surface area (Å²) < 4.78 is 0. The van der Waals surface area contributed by atoms with Crippen molar-refractivity contribution >= 4 is 28.9 Å². The van der Waals surface area contributed by atoms with Gasteiger partial charge in [0.2, 0.25) is 0 Å². The minimum absolute atomic E-state index is 0.0828. The molecule has 4 nitrogen and oxygen atoms in total. The molecule has 0 bridgehead atoms. The van der Waals surface area contributed by atoms with Crippen molar-refractivity contribution in [2.24, 2.45) is 4.99 Å². The van der Waals surface area contributed by atoms with Crippen molar-refractivity contribution in [1.29, 1.82) is 0 Å². The number of carbonyl (C=O) groups excluding carboxylic acids is 1. The molecule has 1 spiro atoms. The Morgan fingerprint density at radius 1 is 1.35 bits per heavy atom. The van der Waals surface area contributed by atoms with Crippen molar-refractivity contribution in [2.75, 3.05) is 25.0 Å². The number of hydrogen-bond acceptors (Lipinski definition) is 3. The second-order valence-electron chi connectivity index (χ2n) is 5.50. The van der Waals surface area contributed by atoms with Crippen molar-refractivity contribution in [3.63, 3.8) is 0 Å². The fourth-order valence-corrected chi connectivity index (χ4v) is 3.28. The molecular formula is C15H18ClN3O. The Balaban J connectivity index is 2.16. The van der Waals surface area contributed by atoms with E-state index in [4.69, 9.17) is 16.6 Å². The predicted molar refractivity (Wildman–Crippen MR) is 81.9 cm³/mol. The molecular weight excluding hydrogens is 274 g/mol. The molecule has 0 saturated carbocycles. The number of piperidine rings is 1. The number of aliphatic imine (C=N–C) groups is 1. The molecule has 106 valence electrons. The third kappa shape index (κ3) is 2.03. The minimum atomic E-state index is -0.615. The van der Waals surface area contributed by atoms with Crippen LogP contribution < -0.4 is 10.2 Å². The lowest BCUT2D eigenvalue weighted by Crippen LogP contribution is -2.52. The Morgan fingerprint density at radius 2 is 2.05 bits per heavy atom. The zero-order valence-electron chi connectivity index (χ0n) is 11.7. The molecule has 2 heterocycles. The molecule has 0 aliphatic carbocycles. The number of nitrogens with one attached hydrogen (secondary N) is 1. The van der Waals surface area contributed by atoms with Crippen molar-refractivity contribution in [1.82, 2.24) is 5.32 Å². The van der Waals surface area contributed by atoms with Crippen molar-refractivity contribution in [3.8, 4) is 0 Å². The molecule has 2 aliphatic rings. The number of hydrogen-bond donors (Lipinski definition) is 1. The predicted octanol–water partition coefficient (Wildman–Crippen LogP) is 2.25. The maximum absolute atomic E-state index is 12.9. The first-order valence-corrected chi connectivity index (χ1v) is 7.26. The van der Waals surface area contributed by atoms with Crippen molar-refractivity contribution in [3.05, 3.63) is 28.8 Å². The fraction of sp³-hybridized carbons (Fsp3) is 0.467. The summed E-state index contributed by atoms with van der Waals surface area (Å²) in [6.07, 6.45) is 1.49. The Labute approximate surface area is 123 Å². The van der Waals surface area contributed by atoms with E-state index < -0.39 is 5.54 Å². The third-order valence-electron chi connectivity index (χ3n) is 4.22. The van der Waals surface area contributed by atoms with Crippen LogP contribution in [0.5, 0.6) is 0 Å². The number of likely N-dealkylation sites (N-methyl/N-ethyl adjacent to an activating group) is 1. The van der Waals surface area contributed by atoms with E-state index in [9.17, 15) is 4.79 Å². The largest absolute Gasteiger partial charge is 0.317 e. The number of anilines is 1. The van der Waals surface area contributed by atoms with Crippen molar-refractivity contribution < 1.29 is 4.79 Å². The monoisotopic (exact) mass is 291 g/mol. The quantitative estimate of drug-likeness (QED) is 0.797. The first-order chi connectivity index (χ1) is 9.53. The molecule has 0 atom stereocenters. The summed E-state index contributed by atoms with van der Waals surface area (Å²) in [5.74, 6) is 0.0828. The summed E-state index contributed by atoms with van der Waals surface area (Å²) in [5, 5.41) is 3.96. The third-order valence-corrected chi connectivity index (χ3v) is 4.46. The van der Waals surface area contributed by atoms with Gasteiger partial charge in [-0.2, -0.15) is 0 Å². The van der Waals surface area contributed by atoms with Crippen LogP contribution in [0.2, 0.25) is 5.02 Å². The fourth-order valence-electron chi connectivity index (χ4n) is 3.11. The average Bonchev–Trinajstić information content (AvgIpc) is 2.52. The first kappa shape index (κ1) is 13.6. The van der Waals surface area contributed by atoms with Crippen LogP contribution in [0.25, 0.3) is 0 Å². The van der Waals surface area contributed by atoms with Gasteiger partial charge in [-0.3, -0.25) is 9.79 Å². The zero-order valence-corrected chi connectivity index (χ0v) is 12.5. The maximum atomic E-state index is 12.9. The second-order valence-corrected chi connectivity index (χ2v) is 5.94. The van der Waals surface area contributed by atoms with Crippen LogP contribution in [0.3, 0.4) is 0 Å². The van der Waals surface area contributed by atoms with E-state index in [1.807, 2.05) is 32.2 Å². The minimum Gasteiger partial charge on any atom is -0.317 e. The van der Waals surface area contributed by atoms with Gasteiger partial charge in [0.15, 0.2) is 0 Å². The molecule has 1 N–H and O–H groups in total. The number of halogens is 1. The van der Waals surface area contributed by atoms with Gasteiger partial charge in [0.05, 0.1) is 5.69 Å². The van der Waals surface area contributed by atoms with Gasteiger partial charge in [-0.05, 0) is 51.1 Å². The van der Waals surface area contributed by atoms with E-state index in [0.29, 0.717) is 5.02 Å². The molecule has 1 amide bonds. The molecule has 1 aromatic carbocycles. The van der Waals surface area contributed by atoms with E-state index in [1.54, 1.807) is 4.90 Å². The van der Waals surface area contributed by atoms with Crippen LogP contribution in [-0.2, 0) is 4.79 Å². The lowest BCUT2D eigenvalue weighted by atomic mass is 9.87. The van der Waals surface area contributed by atoms with Gasteiger partial charge >= 0.3 is 0 Å². The Morgan fingerprint density at radius 3 is 2.75 bits per heavy atom. The Bertz CT molecular complexity index is 591. The lowest BCUT2D eigenvalue weighted by Gasteiger charge is -2.34. The van der Waals surface area contributed by atoms with Gasteiger partial charge in [0.25, 0.3) is 5.91 Å². The molecule has 0 radical (unpaired) electrons. The molecule has 0 unspecified atom stereocenters. The summed E-state index contributed by atoms with van der Waals surface area (Å²) in [7, 11) is 1.83. The topological polar surface area (TPSA) is 44.7 Å².